The summed E-state index contributed by atoms with van der Waals surface area (Å²) in [6, 6.07) is 22.4. The van der Waals surface area contributed by atoms with Crippen LogP contribution in [-0.2, 0) is 11.2 Å². The lowest BCUT2D eigenvalue weighted by molar-refractivity contribution is -0.115. The third-order valence-corrected chi connectivity index (χ3v) is 4.72. The first kappa shape index (κ1) is 18.9. The van der Waals surface area contributed by atoms with Crippen LogP contribution in [0.1, 0.15) is 11.1 Å². The number of nitrogens with zero attached hydrogens (tertiary/aromatic N) is 2. The largest absolute Gasteiger partial charge is 0.416 e. The molecule has 0 saturated carbocycles. The molecular weight excluding hydrogens is 386 g/mol. The van der Waals surface area contributed by atoms with E-state index in [4.69, 9.17) is 16.0 Å². The average Bonchev–Trinajstić information content (AvgIpc) is 3.20. The minimum atomic E-state index is -0.115. The smallest absolute Gasteiger partial charge is 0.248 e. The molecule has 6 heteroatoms. The number of hydrogen-bond acceptors (Lipinski definition) is 4. The topological polar surface area (TPSA) is 68.0 Å². The molecule has 144 valence electrons. The average molecular weight is 404 g/mol. The molecule has 0 bridgehead atoms. The number of amides is 1. The first-order valence-electron chi connectivity index (χ1n) is 9.13. The number of nitrogens with one attached hydrogen (secondary N) is 1. The van der Waals surface area contributed by atoms with E-state index in [2.05, 4.69) is 15.5 Å². The monoisotopic (exact) mass is 403 g/mol. The van der Waals surface area contributed by atoms with Crippen molar-refractivity contribution in [1.82, 2.24) is 10.2 Å². The van der Waals surface area contributed by atoms with Gasteiger partial charge in [0.1, 0.15) is 0 Å². The second-order valence-electron chi connectivity index (χ2n) is 6.66. The Balaban J connectivity index is 1.50. The van der Waals surface area contributed by atoms with Gasteiger partial charge in [-0.2, -0.15) is 0 Å². The van der Waals surface area contributed by atoms with E-state index in [9.17, 15) is 4.79 Å². The summed E-state index contributed by atoms with van der Waals surface area (Å²) in [5.41, 5.74) is 4.26. The minimum Gasteiger partial charge on any atom is -0.416 e. The summed E-state index contributed by atoms with van der Waals surface area (Å²) >= 11 is 5.88. The lowest BCUT2D eigenvalue weighted by Gasteiger charge is -2.06. The van der Waals surface area contributed by atoms with E-state index in [0.717, 1.165) is 22.3 Å². The number of benzene rings is 3. The number of aromatic nitrogens is 2. The summed E-state index contributed by atoms with van der Waals surface area (Å²) in [4.78, 5) is 12.3. The van der Waals surface area contributed by atoms with Crippen molar-refractivity contribution in [1.29, 1.82) is 0 Å². The Morgan fingerprint density at radius 2 is 1.72 bits per heavy atom. The lowest BCUT2D eigenvalue weighted by atomic mass is 10.1. The van der Waals surface area contributed by atoms with Crippen LogP contribution < -0.4 is 5.32 Å². The quantitative estimate of drug-likeness (QED) is 0.474. The molecule has 0 unspecified atom stereocenters. The summed E-state index contributed by atoms with van der Waals surface area (Å²) in [5, 5.41) is 11.9. The van der Waals surface area contributed by atoms with Crippen molar-refractivity contribution >= 4 is 23.2 Å². The number of halogens is 1. The van der Waals surface area contributed by atoms with Crippen molar-refractivity contribution in [2.75, 3.05) is 5.32 Å². The molecule has 0 atom stereocenters. The zero-order chi connectivity index (χ0) is 20.2. The Hall–Kier alpha value is -3.44. The van der Waals surface area contributed by atoms with E-state index in [1.54, 1.807) is 12.1 Å². The third kappa shape index (κ3) is 4.52. The predicted molar refractivity (Wildman–Crippen MR) is 114 cm³/mol. The van der Waals surface area contributed by atoms with Crippen LogP contribution in [-0.4, -0.2) is 16.1 Å². The molecule has 3 aromatic carbocycles. The third-order valence-electron chi connectivity index (χ3n) is 4.47. The summed E-state index contributed by atoms with van der Waals surface area (Å²) in [5.74, 6) is 0.753. The van der Waals surface area contributed by atoms with E-state index >= 15 is 0 Å². The van der Waals surface area contributed by atoms with E-state index in [0.29, 0.717) is 22.5 Å². The highest BCUT2D eigenvalue weighted by Gasteiger charge is 2.13. The van der Waals surface area contributed by atoms with E-state index < -0.39 is 0 Å². The molecule has 0 fully saturated rings. The minimum absolute atomic E-state index is 0.115. The summed E-state index contributed by atoms with van der Waals surface area (Å²) in [6.07, 6.45) is 0.263. The van der Waals surface area contributed by atoms with Gasteiger partial charge in [-0.15, -0.1) is 10.2 Å². The first-order valence-corrected chi connectivity index (χ1v) is 9.50. The number of carbonyl (C=O) groups excluding carboxylic acids is 1. The van der Waals surface area contributed by atoms with Crippen molar-refractivity contribution in [3.05, 3.63) is 88.9 Å². The van der Waals surface area contributed by atoms with E-state index in [1.165, 1.54) is 0 Å². The van der Waals surface area contributed by atoms with Crippen LogP contribution in [0.2, 0.25) is 5.02 Å². The van der Waals surface area contributed by atoms with Gasteiger partial charge in [0.05, 0.1) is 6.42 Å². The molecule has 1 amide bonds. The fourth-order valence-electron chi connectivity index (χ4n) is 2.98. The maximum Gasteiger partial charge on any atom is 0.248 e. The normalized spacial score (nSPS) is 10.7. The van der Waals surface area contributed by atoms with Gasteiger partial charge in [0.15, 0.2) is 0 Å². The van der Waals surface area contributed by atoms with Crippen LogP contribution in [0.3, 0.4) is 0 Å². The van der Waals surface area contributed by atoms with Gasteiger partial charge < -0.3 is 9.73 Å². The van der Waals surface area contributed by atoms with Crippen LogP contribution >= 0.6 is 11.6 Å². The van der Waals surface area contributed by atoms with E-state index in [1.807, 2.05) is 67.6 Å². The number of anilines is 1. The van der Waals surface area contributed by atoms with Crippen molar-refractivity contribution in [3.8, 4) is 22.9 Å². The highest BCUT2D eigenvalue weighted by molar-refractivity contribution is 6.30. The predicted octanol–water partition coefficient (Wildman–Crippen LogP) is 5.55. The molecule has 0 aliphatic carbocycles. The van der Waals surface area contributed by atoms with Crippen molar-refractivity contribution in [2.24, 2.45) is 0 Å². The summed E-state index contributed by atoms with van der Waals surface area (Å²) < 4.78 is 5.86. The zero-order valence-corrected chi connectivity index (χ0v) is 16.5. The Labute approximate surface area is 173 Å². The van der Waals surface area contributed by atoms with Gasteiger partial charge >= 0.3 is 0 Å². The molecule has 0 radical (unpaired) electrons. The fraction of sp³-hybridized carbons (Fsp3) is 0.0870. The highest BCUT2D eigenvalue weighted by atomic mass is 35.5. The Bertz CT molecular complexity index is 1150. The molecule has 0 aliphatic rings. The molecular formula is C23H18ClN3O2. The van der Waals surface area contributed by atoms with Crippen LogP contribution in [0.5, 0.6) is 0 Å². The van der Waals surface area contributed by atoms with Crippen LogP contribution in [0.15, 0.2) is 77.2 Å². The first-order chi connectivity index (χ1) is 14.1. The number of hydrogen-bond donors (Lipinski definition) is 1. The van der Waals surface area contributed by atoms with Crippen LogP contribution in [0.4, 0.5) is 5.69 Å². The molecule has 0 aliphatic heterocycles. The summed E-state index contributed by atoms with van der Waals surface area (Å²) in [7, 11) is 0. The molecule has 1 heterocycles. The maximum atomic E-state index is 12.3. The van der Waals surface area contributed by atoms with Gasteiger partial charge in [-0.3, -0.25) is 4.79 Å². The standard InChI is InChI=1S/C23H18ClN3O2/c1-15-5-2-3-8-20(15)23-27-26-22(29-23)17-6-4-7-19(14-17)25-21(28)13-16-9-11-18(24)12-10-16/h2-12,14H,13H2,1H3,(H,25,28). The molecule has 5 nitrogen and oxygen atoms in total. The van der Waals surface area contributed by atoms with Gasteiger partial charge in [0.2, 0.25) is 17.7 Å². The fourth-order valence-corrected chi connectivity index (χ4v) is 3.11. The second kappa shape index (κ2) is 8.29. The molecule has 4 rings (SSSR count). The van der Waals surface area contributed by atoms with Gasteiger partial charge in [-0.05, 0) is 54.4 Å². The Morgan fingerprint density at radius 1 is 0.966 bits per heavy atom. The molecule has 4 aromatic rings. The SMILES string of the molecule is Cc1ccccc1-c1nnc(-c2cccc(NC(=O)Cc3ccc(Cl)cc3)c2)o1. The van der Waals surface area contributed by atoms with Crippen LogP contribution in [0, 0.1) is 6.92 Å². The van der Waals surface area contributed by atoms with Gasteiger partial charge in [-0.25, -0.2) is 0 Å². The molecule has 1 aromatic heterocycles. The number of rotatable bonds is 5. The van der Waals surface area contributed by atoms with E-state index in [-0.39, 0.29) is 12.3 Å². The van der Waals surface area contributed by atoms with Crippen molar-refractivity contribution < 1.29 is 9.21 Å². The summed E-state index contributed by atoms with van der Waals surface area (Å²) in [6.45, 7) is 2.00. The maximum absolute atomic E-state index is 12.3. The number of aryl methyl sites for hydroxylation is 1. The highest BCUT2D eigenvalue weighted by Crippen LogP contribution is 2.27. The zero-order valence-electron chi connectivity index (χ0n) is 15.7. The number of carbonyl (C=O) groups is 1. The van der Waals surface area contributed by atoms with Gasteiger partial charge in [-0.1, -0.05) is 48.0 Å². The molecule has 29 heavy (non-hydrogen) atoms. The molecule has 0 spiro atoms. The molecule has 0 saturated heterocycles. The molecule has 1 N–H and O–H groups in total. The van der Waals surface area contributed by atoms with Crippen molar-refractivity contribution in [2.45, 2.75) is 13.3 Å². The second-order valence-corrected chi connectivity index (χ2v) is 7.10. The van der Waals surface area contributed by atoms with Gasteiger partial charge in [0.25, 0.3) is 0 Å². The van der Waals surface area contributed by atoms with Gasteiger partial charge in [0, 0.05) is 21.8 Å². The van der Waals surface area contributed by atoms with Crippen molar-refractivity contribution in [3.63, 3.8) is 0 Å². The Morgan fingerprint density at radius 3 is 2.52 bits per heavy atom. The Kier molecular flexibility index (Phi) is 5.40. The van der Waals surface area contributed by atoms with Crippen LogP contribution in [0.25, 0.3) is 22.9 Å². The lowest BCUT2D eigenvalue weighted by Crippen LogP contribution is -2.14.